The first-order valence-corrected chi connectivity index (χ1v) is 4.89. The number of morpholine rings is 1. The van der Waals surface area contributed by atoms with E-state index in [1.807, 2.05) is 0 Å². The van der Waals surface area contributed by atoms with Gasteiger partial charge in [-0.25, -0.2) is 0 Å². The molecule has 2 fully saturated rings. The molecule has 0 aromatic heterocycles. The number of hydrogen-bond acceptors (Lipinski definition) is 3. The van der Waals surface area contributed by atoms with Crippen molar-refractivity contribution in [1.29, 1.82) is 0 Å². The molecule has 2 N–H and O–H groups in total. The summed E-state index contributed by atoms with van der Waals surface area (Å²) in [5.41, 5.74) is 0.156. The topological polar surface area (TPSA) is 33.3 Å². The van der Waals surface area contributed by atoms with Crippen molar-refractivity contribution in [3.63, 3.8) is 0 Å². The fourth-order valence-electron chi connectivity index (χ4n) is 2.28. The average Bonchev–Trinajstić information content (AvgIpc) is 2.05. The monoisotopic (exact) mass is 170 g/mol. The Morgan fingerprint density at radius 1 is 1.42 bits per heavy atom. The molecule has 2 saturated heterocycles. The third-order valence-corrected chi connectivity index (χ3v) is 2.89. The minimum Gasteiger partial charge on any atom is -0.372 e. The molecule has 3 heteroatoms. The van der Waals surface area contributed by atoms with Gasteiger partial charge in [-0.05, 0) is 26.3 Å². The standard InChI is InChI=1S/C9H18N2O/c1-8-6-9(2-3-11-8)7-10-4-5-12-9/h8,10-11H,2-7H2,1H3. The summed E-state index contributed by atoms with van der Waals surface area (Å²) in [4.78, 5) is 0. The first-order valence-electron chi connectivity index (χ1n) is 4.89. The molecule has 2 heterocycles. The molecule has 0 saturated carbocycles. The summed E-state index contributed by atoms with van der Waals surface area (Å²) in [7, 11) is 0. The van der Waals surface area contributed by atoms with E-state index in [0.29, 0.717) is 6.04 Å². The van der Waals surface area contributed by atoms with Crippen LogP contribution in [0.2, 0.25) is 0 Å². The van der Waals surface area contributed by atoms with E-state index in [9.17, 15) is 0 Å². The van der Waals surface area contributed by atoms with Crippen LogP contribution in [0, 0.1) is 0 Å². The maximum atomic E-state index is 5.87. The highest BCUT2D eigenvalue weighted by Gasteiger charge is 2.36. The minimum atomic E-state index is 0.156. The molecule has 2 unspecified atom stereocenters. The zero-order chi connectivity index (χ0) is 8.44. The highest BCUT2D eigenvalue weighted by molar-refractivity contribution is 4.93. The lowest BCUT2D eigenvalue weighted by Gasteiger charge is -2.43. The van der Waals surface area contributed by atoms with Crippen LogP contribution < -0.4 is 10.6 Å². The van der Waals surface area contributed by atoms with Gasteiger partial charge in [-0.15, -0.1) is 0 Å². The summed E-state index contributed by atoms with van der Waals surface area (Å²) in [5.74, 6) is 0. The third-order valence-electron chi connectivity index (χ3n) is 2.89. The quantitative estimate of drug-likeness (QED) is 0.541. The van der Waals surface area contributed by atoms with Crippen molar-refractivity contribution in [3.05, 3.63) is 0 Å². The SMILES string of the molecule is CC1CC2(CCN1)CNCCO2. The molecule has 0 amide bonds. The molecule has 0 radical (unpaired) electrons. The molecule has 0 aromatic carbocycles. The van der Waals surface area contributed by atoms with Crippen LogP contribution in [0.4, 0.5) is 0 Å². The number of ether oxygens (including phenoxy) is 1. The molecule has 0 aromatic rings. The van der Waals surface area contributed by atoms with Crippen molar-refractivity contribution in [2.45, 2.75) is 31.4 Å². The Morgan fingerprint density at radius 3 is 3.00 bits per heavy atom. The highest BCUT2D eigenvalue weighted by atomic mass is 16.5. The van der Waals surface area contributed by atoms with Crippen LogP contribution in [0.1, 0.15) is 19.8 Å². The average molecular weight is 170 g/mol. The number of hydrogen-bond donors (Lipinski definition) is 2. The summed E-state index contributed by atoms with van der Waals surface area (Å²) in [5, 5.41) is 6.86. The molecule has 2 aliphatic rings. The van der Waals surface area contributed by atoms with Gasteiger partial charge in [0.2, 0.25) is 0 Å². The van der Waals surface area contributed by atoms with Crippen LogP contribution >= 0.6 is 0 Å². The molecule has 2 atom stereocenters. The van der Waals surface area contributed by atoms with Gasteiger partial charge < -0.3 is 15.4 Å². The van der Waals surface area contributed by atoms with Crippen molar-refractivity contribution in [1.82, 2.24) is 10.6 Å². The fourth-order valence-corrected chi connectivity index (χ4v) is 2.28. The van der Waals surface area contributed by atoms with Crippen molar-refractivity contribution in [2.24, 2.45) is 0 Å². The Bertz CT molecular complexity index is 149. The normalized spacial score (nSPS) is 43.2. The third kappa shape index (κ3) is 1.63. The maximum Gasteiger partial charge on any atom is 0.0833 e. The molecule has 70 valence electrons. The maximum absolute atomic E-state index is 5.87. The largest absolute Gasteiger partial charge is 0.372 e. The number of piperidine rings is 1. The zero-order valence-corrected chi connectivity index (χ0v) is 7.73. The molecule has 1 spiro atoms. The first-order chi connectivity index (χ1) is 5.81. The van der Waals surface area contributed by atoms with Crippen LogP contribution in [-0.2, 0) is 4.74 Å². The molecule has 0 aliphatic carbocycles. The Balaban J connectivity index is 1.97. The molecule has 0 bridgehead atoms. The lowest BCUT2D eigenvalue weighted by Crippen LogP contribution is -2.57. The van der Waals surface area contributed by atoms with Gasteiger partial charge >= 0.3 is 0 Å². The van der Waals surface area contributed by atoms with Crippen molar-refractivity contribution in [2.75, 3.05) is 26.2 Å². The van der Waals surface area contributed by atoms with Gasteiger partial charge in [0.25, 0.3) is 0 Å². The van der Waals surface area contributed by atoms with E-state index in [0.717, 1.165) is 39.1 Å². The Hall–Kier alpha value is -0.120. The van der Waals surface area contributed by atoms with E-state index in [2.05, 4.69) is 17.6 Å². The predicted octanol–water partition coefficient (Wildman–Crippen LogP) is 0.117. The second-order valence-electron chi connectivity index (χ2n) is 4.02. The van der Waals surface area contributed by atoms with Gasteiger partial charge in [-0.2, -0.15) is 0 Å². The summed E-state index contributed by atoms with van der Waals surface area (Å²) in [6.07, 6.45) is 2.31. The van der Waals surface area contributed by atoms with Gasteiger partial charge in [-0.3, -0.25) is 0 Å². The summed E-state index contributed by atoms with van der Waals surface area (Å²) in [6.45, 7) is 6.27. The summed E-state index contributed by atoms with van der Waals surface area (Å²) >= 11 is 0. The number of rotatable bonds is 0. The first kappa shape index (κ1) is 8.48. The van der Waals surface area contributed by atoms with Gasteiger partial charge in [0.1, 0.15) is 0 Å². The van der Waals surface area contributed by atoms with Gasteiger partial charge in [0, 0.05) is 19.1 Å². The highest BCUT2D eigenvalue weighted by Crippen LogP contribution is 2.26. The minimum absolute atomic E-state index is 0.156. The molecular formula is C9H18N2O. The van der Waals surface area contributed by atoms with Crippen LogP contribution in [-0.4, -0.2) is 37.9 Å². The Morgan fingerprint density at radius 2 is 2.33 bits per heavy atom. The lowest BCUT2D eigenvalue weighted by atomic mass is 9.87. The molecule has 3 nitrogen and oxygen atoms in total. The second-order valence-corrected chi connectivity index (χ2v) is 4.02. The number of nitrogens with one attached hydrogen (secondary N) is 2. The smallest absolute Gasteiger partial charge is 0.0833 e. The van der Waals surface area contributed by atoms with Crippen LogP contribution in [0.15, 0.2) is 0 Å². The predicted molar refractivity (Wildman–Crippen MR) is 48.3 cm³/mol. The van der Waals surface area contributed by atoms with E-state index in [4.69, 9.17) is 4.74 Å². The molecular weight excluding hydrogens is 152 g/mol. The van der Waals surface area contributed by atoms with Gasteiger partial charge in [-0.1, -0.05) is 0 Å². The Kier molecular flexibility index (Phi) is 2.35. The fraction of sp³-hybridized carbons (Fsp3) is 1.00. The summed E-state index contributed by atoms with van der Waals surface area (Å²) in [6, 6.07) is 0.610. The van der Waals surface area contributed by atoms with E-state index < -0.39 is 0 Å². The van der Waals surface area contributed by atoms with E-state index >= 15 is 0 Å². The van der Waals surface area contributed by atoms with Crippen molar-refractivity contribution in [3.8, 4) is 0 Å². The van der Waals surface area contributed by atoms with Gasteiger partial charge in [0.15, 0.2) is 0 Å². The molecule has 12 heavy (non-hydrogen) atoms. The van der Waals surface area contributed by atoms with Crippen LogP contribution in [0.25, 0.3) is 0 Å². The van der Waals surface area contributed by atoms with Crippen LogP contribution in [0.3, 0.4) is 0 Å². The Labute approximate surface area is 73.9 Å². The van der Waals surface area contributed by atoms with Crippen molar-refractivity contribution < 1.29 is 4.74 Å². The molecule has 2 aliphatic heterocycles. The van der Waals surface area contributed by atoms with Crippen LogP contribution in [0.5, 0.6) is 0 Å². The lowest BCUT2D eigenvalue weighted by molar-refractivity contribution is -0.0903. The zero-order valence-electron chi connectivity index (χ0n) is 7.73. The van der Waals surface area contributed by atoms with Crippen molar-refractivity contribution >= 4 is 0 Å². The molecule has 2 rings (SSSR count). The van der Waals surface area contributed by atoms with E-state index in [1.54, 1.807) is 0 Å². The second kappa shape index (κ2) is 3.32. The van der Waals surface area contributed by atoms with Gasteiger partial charge in [0.05, 0.1) is 12.2 Å². The summed E-state index contributed by atoms with van der Waals surface area (Å²) < 4.78 is 5.87. The van der Waals surface area contributed by atoms with E-state index in [-0.39, 0.29) is 5.60 Å². The van der Waals surface area contributed by atoms with E-state index in [1.165, 1.54) is 0 Å².